The highest BCUT2D eigenvalue weighted by Crippen LogP contribution is 2.19. The molecule has 0 radical (unpaired) electrons. The van der Waals surface area contributed by atoms with Crippen molar-refractivity contribution in [1.82, 2.24) is 15.5 Å². The first-order chi connectivity index (χ1) is 12.2. The Labute approximate surface area is 146 Å². The van der Waals surface area contributed by atoms with Crippen molar-refractivity contribution in [2.45, 2.75) is 19.0 Å². The zero-order valence-corrected chi connectivity index (χ0v) is 14.1. The van der Waals surface area contributed by atoms with Gasteiger partial charge in [0.1, 0.15) is 0 Å². The molecule has 1 heterocycles. The quantitative estimate of drug-likeness (QED) is 0.720. The van der Waals surface area contributed by atoms with Crippen LogP contribution in [0.5, 0.6) is 0 Å². The molecular formula is C19H23N3O3. The van der Waals surface area contributed by atoms with Gasteiger partial charge in [-0.25, -0.2) is 0 Å². The minimum Gasteiger partial charge on any atom is -0.395 e. The Bertz CT molecular complexity index is 762. The summed E-state index contributed by atoms with van der Waals surface area (Å²) in [6, 6.07) is 14.0. The molecule has 1 aliphatic rings. The summed E-state index contributed by atoms with van der Waals surface area (Å²) in [5.74, 6) is -0.342. The van der Waals surface area contributed by atoms with E-state index in [2.05, 4.69) is 41.0 Å². The number of carbonyl (C=O) groups excluding carboxylic acids is 2. The number of nitrogens with zero attached hydrogens (tertiary/aromatic N) is 1. The Morgan fingerprint density at radius 1 is 1.24 bits per heavy atom. The second-order valence-corrected chi connectivity index (χ2v) is 6.24. The first-order valence-electron chi connectivity index (χ1n) is 8.54. The highest BCUT2D eigenvalue weighted by atomic mass is 16.3. The second-order valence-electron chi connectivity index (χ2n) is 6.24. The summed E-state index contributed by atoms with van der Waals surface area (Å²) in [5, 5.41) is 16.6. The van der Waals surface area contributed by atoms with Crippen molar-refractivity contribution in [1.29, 1.82) is 0 Å². The van der Waals surface area contributed by atoms with Crippen LogP contribution in [0.1, 0.15) is 12.0 Å². The van der Waals surface area contributed by atoms with Gasteiger partial charge >= 0.3 is 0 Å². The average molecular weight is 341 g/mol. The smallest absolute Gasteiger partial charge is 0.237 e. The van der Waals surface area contributed by atoms with E-state index in [4.69, 9.17) is 5.11 Å². The minimum atomic E-state index is -0.487. The van der Waals surface area contributed by atoms with Gasteiger partial charge < -0.3 is 15.7 Å². The third-order valence-corrected chi connectivity index (χ3v) is 4.45. The molecule has 2 aromatic rings. The Balaban J connectivity index is 1.72. The van der Waals surface area contributed by atoms with Crippen LogP contribution >= 0.6 is 0 Å². The number of piperazine rings is 1. The predicted molar refractivity (Wildman–Crippen MR) is 95.9 cm³/mol. The molecule has 6 heteroatoms. The lowest BCUT2D eigenvalue weighted by molar-refractivity contribution is -0.134. The van der Waals surface area contributed by atoms with Gasteiger partial charge in [0, 0.05) is 26.2 Å². The molecule has 132 valence electrons. The third-order valence-electron chi connectivity index (χ3n) is 4.45. The van der Waals surface area contributed by atoms with Crippen molar-refractivity contribution in [3.05, 3.63) is 48.0 Å². The molecule has 2 aromatic carbocycles. The molecule has 6 nitrogen and oxygen atoms in total. The van der Waals surface area contributed by atoms with Crippen molar-refractivity contribution < 1.29 is 14.7 Å². The lowest BCUT2D eigenvalue weighted by Gasteiger charge is -2.34. The molecule has 3 N–H and O–H groups in total. The predicted octanol–water partition coefficient (Wildman–Crippen LogP) is 0.639. The lowest BCUT2D eigenvalue weighted by Crippen LogP contribution is -2.56. The number of aliphatic hydroxyl groups excluding tert-OH is 1. The highest BCUT2D eigenvalue weighted by Gasteiger charge is 2.31. The van der Waals surface area contributed by atoms with E-state index in [1.54, 1.807) is 0 Å². The van der Waals surface area contributed by atoms with Gasteiger partial charge in [0.05, 0.1) is 19.1 Å². The number of carbonyl (C=O) groups is 2. The molecule has 0 unspecified atom stereocenters. The number of benzene rings is 2. The molecule has 0 bridgehead atoms. The highest BCUT2D eigenvalue weighted by molar-refractivity contribution is 5.89. The van der Waals surface area contributed by atoms with E-state index in [1.165, 1.54) is 10.8 Å². The maximum absolute atomic E-state index is 12.2. The van der Waals surface area contributed by atoms with Crippen molar-refractivity contribution in [3.8, 4) is 0 Å². The molecule has 0 aliphatic carbocycles. The maximum atomic E-state index is 12.2. The summed E-state index contributed by atoms with van der Waals surface area (Å²) >= 11 is 0. The Morgan fingerprint density at radius 3 is 2.84 bits per heavy atom. The van der Waals surface area contributed by atoms with Gasteiger partial charge in [0.2, 0.25) is 11.8 Å². The van der Waals surface area contributed by atoms with Crippen LogP contribution < -0.4 is 10.6 Å². The number of nitrogens with one attached hydrogen (secondary N) is 2. The van der Waals surface area contributed by atoms with Crippen molar-refractivity contribution in [3.63, 3.8) is 0 Å². The van der Waals surface area contributed by atoms with Gasteiger partial charge in [-0.2, -0.15) is 0 Å². The van der Waals surface area contributed by atoms with Crippen molar-refractivity contribution in [2.24, 2.45) is 0 Å². The molecule has 1 atom stereocenters. The molecule has 1 saturated heterocycles. The summed E-state index contributed by atoms with van der Waals surface area (Å²) < 4.78 is 0. The Morgan fingerprint density at radius 2 is 2.04 bits per heavy atom. The van der Waals surface area contributed by atoms with Crippen molar-refractivity contribution in [2.75, 3.05) is 26.2 Å². The van der Waals surface area contributed by atoms with Crippen molar-refractivity contribution >= 4 is 22.6 Å². The van der Waals surface area contributed by atoms with E-state index >= 15 is 0 Å². The summed E-state index contributed by atoms with van der Waals surface area (Å²) in [4.78, 5) is 26.2. The minimum absolute atomic E-state index is 0.0966. The fourth-order valence-corrected chi connectivity index (χ4v) is 3.19. The molecule has 0 spiro atoms. The topological polar surface area (TPSA) is 81.7 Å². The normalized spacial score (nSPS) is 18.1. The summed E-state index contributed by atoms with van der Waals surface area (Å²) in [6.07, 6.45) is 0.0966. The molecule has 1 aliphatic heterocycles. The van der Waals surface area contributed by atoms with Gasteiger partial charge in [-0.05, 0) is 22.4 Å². The molecule has 0 saturated carbocycles. The molecule has 0 aromatic heterocycles. The summed E-state index contributed by atoms with van der Waals surface area (Å²) in [5.41, 5.74) is 1.12. The maximum Gasteiger partial charge on any atom is 0.237 e. The van der Waals surface area contributed by atoms with Crippen LogP contribution in [0.25, 0.3) is 10.8 Å². The fourth-order valence-electron chi connectivity index (χ4n) is 3.19. The summed E-state index contributed by atoms with van der Waals surface area (Å²) in [7, 11) is 0. The second kappa shape index (κ2) is 8.09. The van der Waals surface area contributed by atoms with Gasteiger partial charge in [-0.3, -0.25) is 14.5 Å². The third kappa shape index (κ3) is 4.35. The van der Waals surface area contributed by atoms with Gasteiger partial charge in [0.25, 0.3) is 0 Å². The SMILES string of the molecule is O=C(C[C@H]1C(=O)NCCN1Cc1ccc2ccccc2c1)NCCO. The van der Waals surface area contributed by atoms with Crippen LogP contribution in [-0.4, -0.2) is 54.1 Å². The lowest BCUT2D eigenvalue weighted by atomic mass is 10.0. The first kappa shape index (κ1) is 17.4. The fraction of sp³-hybridized carbons (Fsp3) is 0.368. The van der Waals surface area contributed by atoms with Crippen LogP contribution in [-0.2, 0) is 16.1 Å². The number of rotatable bonds is 6. The van der Waals surface area contributed by atoms with Crippen LogP contribution in [0.2, 0.25) is 0 Å². The molecular weight excluding hydrogens is 318 g/mol. The molecule has 25 heavy (non-hydrogen) atoms. The number of fused-ring (bicyclic) bond motifs is 1. The summed E-state index contributed by atoms with van der Waals surface area (Å²) in [6.45, 7) is 2.01. The van der Waals surface area contributed by atoms with Crippen LogP contribution in [0.4, 0.5) is 0 Å². The zero-order valence-electron chi connectivity index (χ0n) is 14.1. The zero-order chi connectivity index (χ0) is 17.6. The van der Waals surface area contributed by atoms with E-state index in [-0.39, 0.29) is 31.4 Å². The number of aliphatic hydroxyl groups is 1. The van der Waals surface area contributed by atoms with Gasteiger partial charge in [-0.15, -0.1) is 0 Å². The van der Waals surface area contributed by atoms with Crippen LogP contribution in [0.3, 0.4) is 0 Å². The van der Waals surface area contributed by atoms with Gasteiger partial charge in [-0.1, -0.05) is 36.4 Å². The largest absolute Gasteiger partial charge is 0.395 e. The number of hydrogen-bond acceptors (Lipinski definition) is 4. The van der Waals surface area contributed by atoms with Crippen LogP contribution in [0, 0.1) is 0 Å². The molecule has 3 rings (SSSR count). The standard InChI is InChI=1S/C19H23N3O3/c23-10-8-20-18(24)12-17-19(25)21-7-9-22(17)13-14-5-6-15-3-1-2-4-16(15)11-14/h1-6,11,17,23H,7-10,12-13H2,(H,20,24)(H,21,25)/t17-/m0/s1. The van der Waals surface area contributed by atoms with E-state index in [9.17, 15) is 9.59 Å². The number of amides is 2. The van der Waals surface area contributed by atoms with Crippen LogP contribution in [0.15, 0.2) is 42.5 Å². The van der Waals surface area contributed by atoms with Gasteiger partial charge in [0.15, 0.2) is 0 Å². The number of hydrogen-bond donors (Lipinski definition) is 3. The van der Waals surface area contributed by atoms with E-state index in [0.717, 1.165) is 5.56 Å². The van der Waals surface area contributed by atoms with E-state index in [1.807, 2.05) is 17.0 Å². The van der Waals surface area contributed by atoms with E-state index < -0.39 is 6.04 Å². The Kier molecular flexibility index (Phi) is 5.63. The van der Waals surface area contributed by atoms with E-state index in [0.29, 0.717) is 19.6 Å². The monoisotopic (exact) mass is 341 g/mol. The first-order valence-corrected chi connectivity index (χ1v) is 8.54. The Hall–Kier alpha value is -2.44. The average Bonchev–Trinajstić information content (AvgIpc) is 2.63. The molecule has 2 amide bonds. The molecule has 1 fully saturated rings.